The SMILES string of the molecule is Cc1nc(OCc2ccccc2NO)nn1C. The van der Waals surface area contributed by atoms with Crippen LogP contribution in [0.1, 0.15) is 11.4 Å². The van der Waals surface area contributed by atoms with Gasteiger partial charge in [0.25, 0.3) is 0 Å². The zero-order valence-electron chi connectivity index (χ0n) is 9.71. The Labute approximate surface area is 98.8 Å². The molecule has 0 spiro atoms. The highest BCUT2D eigenvalue weighted by Crippen LogP contribution is 2.16. The number of nitrogens with one attached hydrogen (secondary N) is 1. The molecule has 0 aliphatic heterocycles. The summed E-state index contributed by atoms with van der Waals surface area (Å²) in [5.41, 5.74) is 3.57. The predicted octanol–water partition coefficient (Wildman–Crippen LogP) is 1.50. The third kappa shape index (κ3) is 2.54. The molecule has 0 aliphatic carbocycles. The van der Waals surface area contributed by atoms with Crippen molar-refractivity contribution in [2.24, 2.45) is 7.05 Å². The molecule has 2 aromatic rings. The van der Waals surface area contributed by atoms with Crippen LogP contribution in [0.3, 0.4) is 0 Å². The van der Waals surface area contributed by atoms with E-state index in [1.54, 1.807) is 17.8 Å². The summed E-state index contributed by atoms with van der Waals surface area (Å²) < 4.78 is 7.09. The van der Waals surface area contributed by atoms with E-state index in [9.17, 15) is 0 Å². The Hall–Kier alpha value is -2.08. The van der Waals surface area contributed by atoms with E-state index in [2.05, 4.69) is 15.6 Å². The highest BCUT2D eigenvalue weighted by atomic mass is 16.5. The lowest BCUT2D eigenvalue weighted by atomic mass is 10.2. The van der Waals surface area contributed by atoms with E-state index in [1.807, 2.05) is 25.1 Å². The highest BCUT2D eigenvalue weighted by molar-refractivity contribution is 5.48. The third-order valence-electron chi connectivity index (χ3n) is 2.46. The summed E-state index contributed by atoms with van der Waals surface area (Å²) in [4.78, 5) is 4.13. The number of nitrogens with zero attached hydrogens (tertiary/aromatic N) is 3. The quantitative estimate of drug-likeness (QED) is 0.784. The molecule has 0 aliphatic rings. The van der Waals surface area contributed by atoms with E-state index in [4.69, 9.17) is 9.94 Å². The van der Waals surface area contributed by atoms with Crippen molar-refractivity contribution in [1.29, 1.82) is 0 Å². The van der Waals surface area contributed by atoms with E-state index in [0.29, 0.717) is 18.3 Å². The van der Waals surface area contributed by atoms with Gasteiger partial charge in [-0.25, -0.2) is 4.68 Å². The fraction of sp³-hybridized carbons (Fsp3) is 0.273. The Morgan fingerprint density at radius 3 is 2.82 bits per heavy atom. The zero-order chi connectivity index (χ0) is 12.3. The van der Waals surface area contributed by atoms with E-state index in [1.165, 1.54) is 0 Å². The van der Waals surface area contributed by atoms with E-state index in [-0.39, 0.29) is 0 Å². The van der Waals surface area contributed by atoms with Crippen LogP contribution in [0.5, 0.6) is 6.01 Å². The first-order chi connectivity index (χ1) is 8.20. The number of hydrogen-bond acceptors (Lipinski definition) is 5. The van der Waals surface area contributed by atoms with Gasteiger partial charge in [0, 0.05) is 12.6 Å². The lowest BCUT2D eigenvalue weighted by Gasteiger charge is -2.07. The lowest BCUT2D eigenvalue weighted by molar-refractivity contribution is 0.279. The van der Waals surface area contributed by atoms with Crippen molar-refractivity contribution in [1.82, 2.24) is 14.8 Å². The molecule has 17 heavy (non-hydrogen) atoms. The molecule has 1 aromatic heterocycles. The second-order valence-corrected chi connectivity index (χ2v) is 3.62. The van der Waals surface area contributed by atoms with Crippen molar-refractivity contribution in [2.75, 3.05) is 5.48 Å². The Bertz CT molecular complexity index is 490. The molecule has 2 N–H and O–H groups in total. The third-order valence-corrected chi connectivity index (χ3v) is 2.46. The van der Waals surface area contributed by atoms with Gasteiger partial charge in [-0.1, -0.05) is 18.2 Å². The standard InChI is InChI=1S/C11H14N4O2/c1-8-12-11(13-15(8)2)17-7-9-5-3-4-6-10(9)14-16/h3-6,14,16H,7H2,1-2H3. The van der Waals surface area contributed by atoms with Gasteiger partial charge in [0.2, 0.25) is 0 Å². The van der Waals surface area contributed by atoms with Crippen molar-refractivity contribution in [3.05, 3.63) is 35.7 Å². The first kappa shape index (κ1) is 11.4. The van der Waals surface area contributed by atoms with Gasteiger partial charge < -0.3 is 4.74 Å². The first-order valence-electron chi connectivity index (χ1n) is 5.19. The summed E-state index contributed by atoms with van der Waals surface area (Å²) in [7, 11) is 1.80. The minimum Gasteiger partial charge on any atom is -0.457 e. The molecule has 2 rings (SSSR count). The summed E-state index contributed by atoms with van der Waals surface area (Å²) in [5.74, 6) is 0.786. The van der Waals surface area contributed by atoms with Crippen molar-refractivity contribution in [3.8, 4) is 6.01 Å². The summed E-state index contributed by atoms with van der Waals surface area (Å²) in [6.45, 7) is 2.15. The van der Waals surface area contributed by atoms with Gasteiger partial charge in [0.1, 0.15) is 12.4 Å². The van der Waals surface area contributed by atoms with Crippen molar-refractivity contribution >= 4 is 5.69 Å². The molecule has 6 nitrogen and oxygen atoms in total. The van der Waals surface area contributed by atoms with Crippen LogP contribution in [0.25, 0.3) is 0 Å². The van der Waals surface area contributed by atoms with Crippen LogP contribution >= 0.6 is 0 Å². The molecule has 1 heterocycles. The normalized spacial score (nSPS) is 10.3. The van der Waals surface area contributed by atoms with Crippen LogP contribution in [0, 0.1) is 6.92 Å². The van der Waals surface area contributed by atoms with Crippen molar-refractivity contribution in [3.63, 3.8) is 0 Å². The maximum Gasteiger partial charge on any atom is 0.336 e. The molecule has 0 fully saturated rings. The van der Waals surface area contributed by atoms with E-state index < -0.39 is 0 Å². The van der Waals surface area contributed by atoms with Gasteiger partial charge in [-0.15, -0.1) is 5.10 Å². The lowest BCUT2D eigenvalue weighted by Crippen LogP contribution is -2.02. The number of aryl methyl sites for hydroxylation is 2. The summed E-state index contributed by atoms with van der Waals surface area (Å²) in [6.07, 6.45) is 0. The van der Waals surface area contributed by atoms with Crippen molar-refractivity contribution < 1.29 is 9.94 Å². The fourth-order valence-corrected chi connectivity index (χ4v) is 1.39. The topological polar surface area (TPSA) is 72.2 Å². The number of benzene rings is 1. The fourth-order valence-electron chi connectivity index (χ4n) is 1.39. The van der Waals surface area contributed by atoms with Gasteiger partial charge in [-0.05, 0) is 13.0 Å². The van der Waals surface area contributed by atoms with Gasteiger partial charge >= 0.3 is 6.01 Å². The summed E-state index contributed by atoms with van der Waals surface area (Å²) in [6, 6.07) is 7.64. The number of hydrogen-bond donors (Lipinski definition) is 2. The molecule has 0 radical (unpaired) electrons. The second kappa shape index (κ2) is 4.84. The summed E-state index contributed by atoms with van der Waals surface area (Å²) >= 11 is 0. The number of ether oxygens (including phenoxy) is 1. The minimum atomic E-state index is 0.299. The number of aromatic nitrogens is 3. The molecular weight excluding hydrogens is 220 g/mol. The number of anilines is 1. The van der Waals surface area contributed by atoms with Gasteiger partial charge in [0.15, 0.2) is 0 Å². The van der Waals surface area contributed by atoms with Crippen LogP contribution in [0.4, 0.5) is 5.69 Å². The first-order valence-corrected chi connectivity index (χ1v) is 5.19. The molecule has 90 valence electrons. The maximum atomic E-state index is 8.92. The van der Waals surface area contributed by atoms with E-state index in [0.717, 1.165) is 11.4 Å². The average molecular weight is 234 g/mol. The molecule has 0 amide bonds. The summed E-state index contributed by atoms with van der Waals surface area (Å²) in [5, 5.41) is 13.0. The molecule has 0 atom stereocenters. The van der Waals surface area contributed by atoms with Crippen LogP contribution in [0.15, 0.2) is 24.3 Å². The molecule has 0 bridgehead atoms. The van der Waals surface area contributed by atoms with Crippen LogP contribution in [0.2, 0.25) is 0 Å². The highest BCUT2D eigenvalue weighted by Gasteiger charge is 2.06. The van der Waals surface area contributed by atoms with Crippen LogP contribution < -0.4 is 10.2 Å². The smallest absolute Gasteiger partial charge is 0.336 e. The van der Waals surface area contributed by atoms with Gasteiger partial charge in [0.05, 0.1) is 5.69 Å². The second-order valence-electron chi connectivity index (χ2n) is 3.62. The van der Waals surface area contributed by atoms with Gasteiger partial charge in [-0.3, -0.25) is 10.7 Å². The Morgan fingerprint density at radius 1 is 1.41 bits per heavy atom. The Kier molecular flexibility index (Phi) is 3.24. The van der Waals surface area contributed by atoms with Gasteiger partial charge in [-0.2, -0.15) is 4.98 Å². The number of para-hydroxylation sites is 1. The van der Waals surface area contributed by atoms with Crippen molar-refractivity contribution in [2.45, 2.75) is 13.5 Å². The monoisotopic (exact) mass is 234 g/mol. The molecule has 0 saturated heterocycles. The largest absolute Gasteiger partial charge is 0.457 e. The number of rotatable bonds is 4. The molecule has 0 saturated carbocycles. The minimum absolute atomic E-state index is 0.299. The van der Waals surface area contributed by atoms with Crippen LogP contribution in [-0.2, 0) is 13.7 Å². The molecule has 1 aromatic carbocycles. The molecule has 6 heteroatoms. The Balaban J connectivity index is 2.07. The molecular formula is C11H14N4O2. The maximum absolute atomic E-state index is 8.92. The van der Waals surface area contributed by atoms with E-state index >= 15 is 0 Å². The zero-order valence-corrected chi connectivity index (χ0v) is 9.71. The van der Waals surface area contributed by atoms with Crippen LogP contribution in [-0.4, -0.2) is 20.0 Å². The predicted molar refractivity (Wildman–Crippen MR) is 61.9 cm³/mol. The average Bonchev–Trinajstić information content (AvgIpc) is 2.66. The molecule has 0 unspecified atom stereocenters. The Morgan fingerprint density at radius 2 is 2.18 bits per heavy atom.